The van der Waals surface area contributed by atoms with Crippen LogP contribution in [0.3, 0.4) is 0 Å². The Labute approximate surface area is 202 Å². The van der Waals surface area contributed by atoms with Gasteiger partial charge in [0.25, 0.3) is 0 Å². The first-order valence-corrected chi connectivity index (χ1v) is 12.1. The topological polar surface area (TPSA) is 49.8 Å². The van der Waals surface area contributed by atoms with Gasteiger partial charge in [-0.05, 0) is 48.5 Å². The second-order valence-corrected chi connectivity index (χ2v) is 8.89. The summed E-state index contributed by atoms with van der Waals surface area (Å²) in [5.74, 6) is -1.02. The number of carboxylic acid groups (broad SMARTS) is 1. The minimum absolute atomic E-state index is 0.0838. The number of carbonyl (C=O) groups is 1. The molecule has 176 valence electrons. The van der Waals surface area contributed by atoms with Crippen molar-refractivity contribution in [2.75, 3.05) is 26.2 Å². The van der Waals surface area contributed by atoms with Gasteiger partial charge in [-0.15, -0.1) is 0 Å². The molecule has 1 atom stereocenters. The van der Waals surface area contributed by atoms with Gasteiger partial charge >= 0.3 is 5.97 Å². The van der Waals surface area contributed by atoms with Gasteiger partial charge < -0.3 is 14.7 Å². The zero-order chi connectivity index (χ0) is 23.6. The van der Waals surface area contributed by atoms with Crippen LogP contribution in [0.25, 0.3) is 6.08 Å². The first-order valence-electron chi connectivity index (χ1n) is 12.1. The maximum atomic E-state index is 11.9. The lowest BCUT2D eigenvalue weighted by molar-refractivity contribution is -0.142. The number of carboxylic acids is 1. The highest BCUT2D eigenvalue weighted by Crippen LogP contribution is 2.28. The average Bonchev–Trinajstić information content (AvgIpc) is 2.89. The maximum absolute atomic E-state index is 11.9. The van der Waals surface area contributed by atoms with Gasteiger partial charge in [0.2, 0.25) is 0 Å². The number of ether oxygens (including phenoxy) is 1. The van der Waals surface area contributed by atoms with Crippen LogP contribution in [0.1, 0.15) is 35.6 Å². The molecule has 1 saturated heterocycles. The van der Waals surface area contributed by atoms with E-state index in [-0.39, 0.29) is 12.0 Å². The zero-order valence-corrected chi connectivity index (χ0v) is 19.5. The lowest BCUT2D eigenvalue weighted by Gasteiger charge is -2.34. The van der Waals surface area contributed by atoms with E-state index in [1.54, 1.807) is 0 Å². The molecular weight excluding hydrogens is 422 g/mol. The molecule has 1 fully saturated rings. The molecule has 0 bridgehead atoms. The Morgan fingerprint density at radius 3 is 1.94 bits per heavy atom. The highest BCUT2D eigenvalue weighted by molar-refractivity contribution is 5.74. The van der Waals surface area contributed by atoms with E-state index in [9.17, 15) is 9.90 Å². The molecule has 1 N–H and O–H groups in total. The van der Waals surface area contributed by atoms with Crippen molar-refractivity contribution < 1.29 is 14.6 Å². The maximum Gasteiger partial charge on any atom is 0.310 e. The Kier molecular flexibility index (Phi) is 8.66. The predicted molar refractivity (Wildman–Crippen MR) is 136 cm³/mol. The summed E-state index contributed by atoms with van der Waals surface area (Å²) in [6, 6.07) is 30.6. The molecule has 0 aromatic heterocycles. The van der Waals surface area contributed by atoms with Crippen LogP contribution in [0.5, 0.6) is 0 Å². The van der Waals surface area contributed by atoms with Crippen molar-refractivity contribution >= 4 is 12.0 Å². The Hall–Kier alpha value is -3.21. The molecule has 0 radical (unpaired) electrons. The van der Waals surface area contributed by atoms with Crippen LogP contribution in [0.4, 0.5) is 0 Å². The summed E-state index contributed by atoms with van der Waals surface area (Å²) in [5.41, 5.74) is 3.35. The number of rotatable bonds is 10. The molecule has 0 amide bonds. The van der Waals surface area contributed by atoms with Crippen molar-refractivity contribution in [2.45, 2.75) is 18.9 Å². The Morgan fingerprint density at radius 2 is 1.41 bits per heavy atom. The van der Waals surface area contributed by atoms with E-state index >= 15 is 0 Å². The lowest BCUT2D eigenvalue weighted by atomic mass is 9.83. The first-order chi connectivity index (χ1) is 16.7. The van der Waals surface area contributed by atoms with Crippen molar-refractivity contribution in [3.05, 3.63) is 114 Å². The predicted octanol–water partition coefficient (Wildman–Crippen LogP) is 5.92. The lowest BCUT2D eigenvalue weighted by Crippen LogP contribution is -2.39. The quantitative estimate of drug-likeness (QED) is 0.412. The van der Waals surface area contributed by atoms with Gasteiger partial charge in [-0.1, -0.05) is 103 Å². The van der Waals surface area contributed by atoms with Crippen LogP contribution in [0.2, 0.25) is 0 Å². The molecule has 1 aliphatic heterocycles. The van der Waals surface area contributed by atoms with Crippen LogP contribution < -0.4 is 0 Å². The van der Waals surface area contributed by atoms with E-state index < -0.39 is 11.9 Å². The number of nitrogens with zero attached hydrogens (tertiary/aromatic N) is 1. The summed E-state index contributed by atoms with van der Waals surface area (Å²) in [6.07, 6.45) is 5.49. The van der Waals surface area contributed by atoms with E-state index in [0.717, 1.165) is 49.2 Å². The van der Waals surface area contributed by atoms with Gasteiger partial charge in [0.1, 0.15) is 6.10 Å². The zero-order valence-electron chi connectivity index (χ0n) is 19.5. The molecule has 1 unspecified atom stereocenters. The van der Waals surface area contributed by atoms with Crippen LogP contribution in [-0.4, -0.2) is 42.2 Å². The summed E-state index contributed by atoms with van der Waals surface area (Å²) < 4.78 is 6.37. The normalized spacial score (nSPS) is 16.1. The van der Waals surface area contributed by atoms with Crippen molar-refractivity contribution in [3.8, 4) is 0 Å². The van der Waals surface area contributed by atoms with Gasteiger partial charge in [0.05, 0.1) is 12.5 Å². The van der Waals surface area contributed by atoms with Gasteiger partial charge in [0.15, 0.2) is 0 Å². The van der Waals surface area contributed by atoms with Crippen molar-refractivity contribution in [1.82, 2.24) is 4.90 Å². The molecule has 4 rings (SSSR count). The van der Waals surface area contributed by atoms with Crippen LogP contribution in [-0.2, 0) is 9.53 Å². The van der Waals surface area contributed by atoms with Crippen LogP contribution >= 0.6 is 0 Å². The van der Waals surface area contributed by atoms with E-state index in [1.807, 2.05) is 78.9 Å². The minimum atomic E-state index is -0.734. The molecule has 0 aliphatic carbocycles. The fourth-order valence-corrected chi connectivity index (χ4v) is 4.70. The van der Waals surface area contributed by atoms with Gasteiger partial charge in [-0.3, -0.25) is 4.79 Å². The fraction of sp³-hybridized carbons (Fsp3) is 0.300. The van der Waals surface area contributed by atoms with Gasteiger partial charge in [-0.2, -0.15) is 0 Å². The van der Waals surface area contributed by atoms with E-state index in [4.69, 9.17) is 4.74 Å². The third-order valence-corrected chi connectivity index (χ3v) is 6.62. The van der Waals surface area contributed by atoms with Crippen molar-refractivity contribution in [3.63, 3.8) is 0 Å². The Morgan fingerprint density at radius 1 is 0.882 bits per heavy atom. The third kappa shape index (κ3) is 6.66. The van der Waals surface area contributed by atoms with Gasteiger partial charge in [-0.25, -0.2) is 0 Å². The molecule has 1 aliphatic rings. The Bertz CT molecular complexity index is 989. The smallest absolute Gasteiger partial charge is 0.310 e. The van der Waals surface area contributed by atoms with E-state index in [1.165, 1.54) is 0 Å². The largest absolute Gasteiger partial charge is 0.481 e. The molecule has 34 heavy (non-hydrogen) atoms. The molecule has 0 spiro atoms. The van der Waals surface area contributed by atoms with Crippen LogP contribution in [0, 0.1) is 11.8 Å². The average molecular weight is 456 g/mol. The summed E-state index contributed by atoms with van der Waals surface area (Å²) in [6.45, 7) is 3.28. The molecule has 4 heteroatoms. The monoisotopic (exact) mass is 455 g/mol. The Balaban J connectivity index is 1.29. The third-order valence-electron chi connectivity index (χ3n) is 6.62. The number of hydrogen-bond acceptors (Lipinski definition) is 3. The minimum Gasteiger partial charge on any atom is -0.481 e. The molecular formula is C30H33NO3. The second kappa shape index (κ2) is 12.3. The summed E-state index contributed by atoms with van der Waals surface area (Å²) >= 11 is 0. The van der Waals surface area contributed by atoms with Gasteiger partial charge in [0, 0.05) is 6.54 Å². The number of likely N-dealkylation sites (tertiary alicyclic amines) is 1. The van der Waals surface area contributed by atoms with Crippen LogP contribution in [0.15, 0.2) is 97.1 Å². The number of hydrogen-bond donors (Lipinski definition) is 1. The van der Waals surface area contributed by atoms with E-state index in [0.29, 0.717) is 6.61 Å². The second-order valence-electron chi connectivity index (χ2n) is 8.89. The SMILES string of the molecule is O=C(O)C(/C=C/c1ccccc1)C1CCN(CCOC(c2ccccc2)c2ccccc2)CC1. The summed E-state index contributed by atoms with van der Waals surface area (Å²) in [7, 11) is 0. The standard InChI is InChI=1S/C30H33NO3/c32-30(33)28(17-16-24-10-4-1-5-11-24)25-18-20-31(21-19-25)22-23-34-29(26-12-6-2-7-13-26)27-14-8-3-9-15-27/h1-17,25,28-29H,18-23H2,(H,32,33)/b17-16+. The molecule has 3 aromatic carbocycles. The molecule has 4 nitrogen and oxygen atoms in total. The van der Waals surface area contributed by atoms with Crippen molar-refractivity contribution in [1.29, 1.82) is 0 Å². The number of piperidine rings is 1. The molecule has 1 heterocycles. The van der Waals surface area contributed by atoms with Crippen molar-refractivity contribution in [2.24, 2.45) is 11.8 Å². The fourth-order valence-electron chi connectivity index (χ4n) is 4.70. The highest BCUT2D eigenvalue weighted by atomic mass is 16.5. The summed E-state index contributed by atoms with van der Waals surface area (Å²) in [4.78, 5) is 14.3. The number of aliphatic carboxylic acids is 1. The highest BCUT2D eigenvalue weighted by Gasteiger charge is 2.29. The molecule has 0 saturated carbocycles. The van der Waals surface area contributed by atoms with E-state index in [2.05, 4.69) is 29.2 Å². The summed E-state index contributed by atoms with van der Waals surface area (Å²) in [5, 5.41) is 9.80. The first kappa shape index (κ1) is 23.9. The number of benzene rings is 3. The molecule has 3 aromatic rings.